The summed E-state index contributed by atoms with van der Waals surface area (Å²) in [5.41, 5.74) is 2.56. The molecule has 10 heteroatoms. The molecular formula is C22H22N4O4S2. The monoisotopic (exact) mass is 470 g/mol. The van der Waals surface area contributed by atoms with E-state index in [0.29, 0.717) is 21.0 Å². The van der Waals surface area contributed by atoms with Crippen molar-refractivity contribution in [2.75, 3.05) is 30.6 Å². The van der Waals surface area contributed by atoms with Gasteiger partial charge in [-0.1, -0.05) is 47.4 Å². The molecule has 0 saturated heterocycles. The Morgan fingerprint density at radius 2 is 1.84 bits per heavy atom. The lowest BCUT2D eigenvalue weighted by molar-refractivity contribution is -0.114. The first-order valence-electron chi connectivity index (χ1n) is 9.51. The molecule has 0 bridgehead atoms. The van der Waals surface area contributed by atoms with Crippen molar-refractivity contribution in [1.29, 1.82) is 0 Å². The number of aryl methyl sites for hydroxylation is 1. The number of aromatic nitrogens is 2. The molecule has 8 nitrogen and oxygen atoms in total. The summed E-state index contributed by atoms with van der Waals surface area (Å²) in [7, 11) is 3.11. The lowest BCUT2D eigenvalue weighted by Crippen LogP contribution is -2.14. The summed E-state index contributed by atoms with van der Waals surface area (Å²) in [4.78, 5) is 24.3. The molecule has 166 valence electrons. The molecular weight excluding hydrogens is 448 g/mol. The van der Waals surface area contributed by atoms with E-state index in [2.05, 4.69) is 20.8 Å². The molecule has 2 N–H and O–H groups in total. The molecule has 0 saturated carbocycles. The van der Waals surface area contributed by atoms with Gasteiger partial charge in [0.25, 0.3) is 0 Å². The Bertz CT molecular complexity index is 1130. The highest BCUT2D eigenvalue weighted by Crippen LogP contribution is 2.28. The third-order valence-electron chi connectivity index (χ3n) is 4.22. The minimum atomic E-state index is -0.343. The molecule has 1 heterocycles. The average molecular weight is 471 g/mol. The third-order valence-corrected chi connectivity index (χ3v) is 6.19. The maximum Gasteiger partial charge on any atom is 0.250 e. The number of ether oxygens (including phenoxy) is 2. The van der Waals surface area contributed by atoms with E-state index in [1.165, 1.54) is 29.2 Å². The van der Waals surface area contributed by atoms with Gasteiger partial charge in [-0.3, -0.25) is 14.9 Å². The van der Waals surface area contributed by atoms with Gasteiger partial charge in [0.05, 0.1) is 20.0 Å². The SMILES string of the molecule is COc1ccc(/C=C/C(=O)Nc2nnc(SCC(=O)Nc3ccccc3C)s2)cc1OC. The van der Waals surface area contributed by atoms with E-state index >= 15 is 0 Å². The summed E-state index contributed by atoms with van der Waals surface area (Å²) in [5.74, 6) is 0.899. The van der Waals surface area contributed by atoms with Crippen LogP contribution in [-0.2, 0) is 9.59 Å². The van der Waals surface area contributed by atoms with Crippen LogP contribution in [0.2, 0.25) is 0 Å². The number of rotatable bonds is 9. The molecule has 0 aliphatic rings. The maximum absolute atomic E-state index is 12.2. The van der Waals surface area contributed by atoms with E-state index in [1.807, 2.05) is 37.3 Å². The van der Waals surface area contributed by atoms with Gasteiger partial charge in [0.15, 0.2) is 15.8 Å². The molecule has 2 amide bonds. The van der Waals surface area contributed by atoms with E-state index in [-0.39, 0.29) is 17.6 Å². The van der Waals surface area contributed by atoms with Crippen LogP contribution in [-0.4, -0.2) is 42.0 Å². The lowest BCUT2D eigenvalue weighted by atomic mass is 10.2. The minimum Gasteiger partial charge on any atom is -0.493 e. The van der Waals surface area contributed by atoms with Crippen LogP contribution in [0.25, 0.3) is 6.08 Å². The second-order valence-electron chi connectivity index (χ2n) is 6.46. The Morgan fingerprint density at radius 1 is 1.06 bits per heavy atom. The molecule has 0 fully saturated rings. The fraction of sp³-hybridized carbons (Fsp3) is 0.182. The van der Waals surface area contributed by atoms with Crippen LogP contribution in [0, 0.1) is 6.92 Å². The van der Waals surface area contributed by atoms with Crippen LogP contribution in [0.3, 0.4) is 0 Å². The first kappa shape index (κ1) is 23.3. The zero-order valence-corrected chi connectivity index (χ0v) is 19.4. The number of hydrogen-bond acceptors (Lipinski definition) is 8. The molecule has 3 aromatic rings. The van der Waals surface area contributed by atoms with E-state index in [0.717, 1.165) is 16.8 Å². The molecule has 1 aromatic heterocycles. The Labute approximate surface area is 194 Å². The van der Waals surface area contributed by atoms with Crippen molar-refractivity contribution in [2.24, 2.45) is 0 Å². The number of hydrogen-bond donors (Lipinski definition) is 2. The number of amides is 2. The van der Waals surface area contributed by atoms with Crippen LogP contribution in [0.1, 0.15) is 11.1 Å². The summed E-state index contributed by atoms with van der Waals surface area (Å²) in [6, 6.07) is 12.9. The molecule has 0 radical (unpaired) electrons. The third kappa shape index (κ3) is 6.56. The van der Waals surface area contributed by atoms with E-state index in [1.54, 1.807) is 32.4 Å². The average Bonchev–Trinajstić information content (AvgIpc) is 3.24. The molecule has 0 aliphatic heterocycles. The Hall–Kier alpha value is -3.37. The molecule has 2 aromatic carbocycles. The van der Waals surface area contributed by atoms with Gasteiger partial charge in [0.2, 0.25) is 16.9 Å². The number of carbonyl (C=O) groups is 2. The summed E-state index contributed by atoms with van der Waals surface area (Å²) in [6.07, 6.45) is 3.05. The van der Waals surface area contributed by atoms with Gasteiger partial charge in [0, 0.05) is 11.8 Å². The van der Waals surface area contributed by atoms with Crippen LogP contribution in [0.5, 0.6) is 11.5 Å². The molecule has 0 atom stereocenters. The minimum absolute atomic E-state index is 0.136. The zero-order valence-electron chi connectivity index (χ0n) is 17.7. The standard InChI is InChI=1S/C22H22N4O4S2/c1-14-6-4-5-7-16(14)23-20(28)13-31-22-26-25-21(32-22)24-19(27)11-9-15-8-10-17(29-2)18(12-15)30-3/h4-12H,13H2,1-3H3,(H,23,28)(H,24,25,27)/b11-9+. The van der Waals surface area contributed by atoms with Crippen LogP contribution in [0.15, 0.2) is 52.9 Å². The summed E-state index contributed by atoms with van der Waals surface area (Å²) < 4.78 is 11.0. The second-order valence-corrected chi connectivity index (χ2v) is 8.66. The van der Waals surface area contributed by atoms with E-state index < -0.39 is 0 Å². The number of methoxy groups -OCH3 is 2. The first-order valence-corrected chi connectivity index (χ1v) is 11.3. The van der Waals surface area contributed by atoms with Crippen molar-refractivity contribution in [3.05, 3.63) is 59.7 Å². The second kappa shape index (κ2) is 11.3. The van der Waals surface area contributed by atoms with Crippen molar-refractivity contribution < 1.29 is 19.1 Å². The Kier molecular flexibility index (Phi) is 8.23. The van der Waals surface area contributed by atoms with Gasteiger partial charge < -0.3 is 14.8 Å². The van der Waals surface area contributed by atoms with Gasteiger partial charge in [0.1, 0.15) is 0 Å². The van der Waals surface area contributed by atoms with Crippen LogP contribution < -0.4 is 20.1 Å². The molecule has 0 unspecified atom stereocenters. The largest absolute Gasteiger partial charge is 0.493 e. The normalized spacial score (nSPS) is 10.7. The quantitative estimate of drug-likeness (QED) is 0.274. The summed E-state index contributed by atoms with van der Waals surface area (Å²) >= 11 is 2.46. The van der Waals surface area contributed by atoms with E-state index in [4.69, 9.17) is 9.47 Å². The topological polar surface area (TPSA) is 102 Å². The lowest BCUT2D eigenvalue weighted by Gasteiger charge is -2.07. The summed E-state index contributed by atoms with van der Waals surface area (Å²) in [6.45, 7) is 1.93. The predicted molar refractivity (Wildman–Crippen MR) is 128 cm³/mol. The number of nitrogens with zero attached hydrogens (tertiary/aromatic N) is 2. The Morgan fingerprint density at radius 3 is 2.59 bits per heavy atom. The first-order chi connectivity index (χ1) is 15.5. The molecule has 32 heavy (non-hydrogen) atoms. The van der Waals surface area contributed by atoms with Gasteiger partial charge in [-0.2, -0.15) is 0 Å². The Balaban J connectivity index is 1.50. The van der Waals surface area contributed by atoms with Crippen LogP contribution >= 0.6 is 23.1 Å². The predicted octanol–water partition coefficient (Wildman–Crippen LogP) is 4.25. The highest BCUT2D eigenvalue weighted by molar-refractivity contribution is 8.01. The van der Waals surface area contributed by atoms with Crippen LogP contribution in [0.4, 0.5) is 10.8 Å². The van der Waals surface area contributed by atoms with Crippen molar-refractivity contribution in [3.8, 4) is 11.5 Å². The smallest absolute Gasteiger partial charge is 0.250 e. The fourth-order valence-electron chi connectivity index (χ4n) is 2.62. The number of para-hydroxylation sites is 1. The highest BCUT2D eigenvalue weighted by Gasteiger charge is 2.10. The van der Waals surface area contributed by atoms with Crippen molar-refractivity contribution in [3.63, 3.8) is 0 Å². The van der Waals surface area contributed by atoms with Gasteiger partial charge in [-0.05, 0) is 42.3 Å². The maximum atomic E-state index is 12.2. The van der Waals surface area contributed by atoms with Gasteiger partial charge in [-0.15, -0.1) is 10.2 Å². The highest BCUT2D eigenvalue weighted by atomic mass is 32.2. The van der Waals surface area contributed by atoms with E-state index in [9.17, 15) is 9.59 Å². The number of anilines is 2. The molecule has 3 rings (SSSR count). The van der Waals surface area contributed by atoms with Crippen molar-refractivity contribution >= 4 is 51.8 Å². The number of benzene rings is 2. The number of thioether (sulfide) groups is 1. The zero-order chi connectivity index (χ0) is 22.9. The molecule has 0 aliphatic carbocycles. The van der Waals surface area contributed by atoms with Crippen molar-refractivity contribution in [2.45, 2.75) is 11.3 Å². The van der Waals surface area contributed by atoms with Crippen molar-refractivity contribution in [1.82, 2.24) is 10.2 Å². The summed E-state index contributed by atoms with van der Waals surface area (Å²) in [5, 5.41) is 13.9. The van der Waals surface area contributed by atoms with Gasteiger partial charge >= 0.3 is 0 Å². The number of nitrogens with one attached hydrogen (secondary N) is 2. The number of carbonyl (C=O) groups excluding carboxylic acids is 2. The van der Waals surface area contributed by atoms with Gasteiger partial charge in [-0.25, -0.2) is 0 Å². The molecule has 0 spiro atoms. The fourth-order valence-corrected chi connectivity index (χ4v) is 4.18.